The van der Waals surface area contributed by atoms with Gasteiger partial charge < -0.3 is 4.79 Å². The molecule has 1 aromatic rings. The van der Waals surface area contributed by atoms with Gasteiger partial charge in [-0.2, -0.15) is 0 Å². The van der Waals surface area contributed by atoms with Gasteiger partial charge in [0.05, 0.1) is 0 Å². The molecular weight excluding hydrogens is 328 g/mol. The van der Waals surface area contributed by atoms with Gasteiger partial charge in [-0.1, -0.05) is 56.9 Å². The molecule has 2 aliphatic carbocycles. The first kappa shape index (κ1) is 20.6. The molecule has 0 amide bonds. The molecule has 0 heterocycles. The highest BCUT2D eigenvalue weighted by atomic mass is 16.1. The topological polar surface area (TPSA) is 17.1 Å². The van der Waals surface area contributed by atoms with Gasteiger partial charge in [0, 0.05) is 6.42 Å². The Hall–Kier alpha value is -1.11. The summed E-state index contributed by atoms with van der Waals surface area (Å²) < 4.78 is 0. The number of hydrogen-bond donors (Lipinski definition) is 0. The molecule has 27 heavy (non-hydrogen) atoms. The van der Waals surface area contributed by atoms with E-state index in [1.807, 2.05) is 0 Å². The van der Waals surface area contributed by atoms with Gasteiger partial charge in [-0.05, 0) is 93.1 Å². The molecule has 2 aliphatic rings. The largest absolute Gasteiger partial charge is 0.300 e. The maximum Gasteiger partial charge on any atom is 0.129 e. The molecule has 0 saturated heterocycles. The first-order chi connectivity index (χ1) is 13.2. The standard InChI is InChI=1S/C26H40O/c1-3-5-21-8-12-23(13-9-21)25-16-18-26(19-17-25)24-14-10-22(11-15-24)7-4-6-20(2)27/h10-11,14-15,21,23,25-26H,3-9,12-13,16-19H2,1-2H3. The zero-order valence-corrected chi connectivity index (χ0v) is 17.7. The summed E-state index contributed by atoms with van der Waals surface area (Å²) in [4.78, 5) is 11.1. The van der Waals surface area contributed by atoms with E-state index >= 15 is 0 Å². The van der Waals surface area contributed by atoms with E-state index in [2.05, 4.69) is 31.2 Å². The number of rotatable bonds is 8. The van der Waals surface area contributed by atoms with Crippen molar-refractivity contribution in [2.75, 3.05) is 0 Å². The molecule has 1 aromatic carbocycles. The molecule has 0 radical (unpaired) electrons. The number of benzene rings is 1. The Morgan fingerprint density at radius 3 is 2.04 bits per heavy atom. The number of ketones is 1. The molecule has 150 valence electrons. The highest BCUT2D eigenvalue weighted by Gasteiger charge is 2.31. The van der Waals surface area contributed by atoms with Crippen LogP contribution in [0.2, 0.25) is 0 Å². The van der Waals surface area contributed by atoms with Gasteiger partial charge in [0.15, 0.2) is 0 Å². The van der Waals surface area contributed by atoms with Crippen LogP contribution in [0.3, 0.4) is 0 Å². The van der Waals surface area contributed by atoms with Crippen LogP contribution in [0.1, 0.15) is 108 Å². The minimum Gasteiger partial charge on any atom is -0.300 e. The lowest BCUT2D eigenvalue weighted by Gasteiger charge is -2.38. The molecular formula is C26H40O. The first-order valence-corrected chi connectivity index (χ1v) is 11.7. The Labute approximate surface area is 167 Å². The summed E-state index contributed by atoms with van der Waals surface area (Å²) in [7, 11) is 0. The van der Waals surface area contributed by atoms with E-state index in [0.717, 1.165) is 36.5 Å². The van der Waals surface area contributed by atoms with Crippen LogP contribution in [0.15, 0.2) is 24.3 Å². The molecule has 1 heteroatoms. The second-order valence-electron chi connectivity index (χ2n) is 9.48. The Morgan fingerprint density at radius 1 is 0.889 bits per heavy atom. The van der Waals surface area contributed by atoms with Gasteiger partial charge in [-0.25, -0.2) is 0 Å². The van der Waals surface area contributed by atoms with Crippen molar-refractivity contribution in [1.29, 1.82) is 0 Å². The molecule has 3 rings (SSSR count). The minimum atomic E-state index is 0.308. The molecule has 1 nitrogen and oxygen atoms in total. The second kappa shape index (κ2) is 10.4. The quantitative estimate of drug-likeness (QED) is 0.465. The Balaban J connectivity index is 1.42. The van der Waals surface area contributed by atoms with E-state index in [0.29, 0.717) is 12.2 Å². The van der Waals surface area contributed by atoms with Gasteiger partial charge >= 0.3 is 0 Å². The molecule has 0 bridgehead atoms. The fourth-order valence-corrected chi connectivity index (χ4v) is 5.78. The number of hydrogen-bond acceptors (Lipinski definition) is 1. The van der Waals surface area contributed by atoms with Crippen LogP contribution in [0.5, 0.6) is 0 Å². The number of carbonyl (C=O) groups excluding carboxylic acids is 1. The fourth-order valence-electron chi connectivity index (χ4n) is 5.78. The van der Waals surface area contributed by atoms with Crippen LogP contribution in [-0.2, 0) is 11.2 Å². The number of Topliss-reactive ketones (excluding diaryl/α,β-unsaturated/α-hetero) is 1. The second-order valence-corrected chi connectivity index (χ2v) is 9.48. The summed E-state index contributed by atoms with van der Waals surface area (Å²) in [6, 6.07) is 9.33. The maximum atomic E-state index is 11.1. The lowest BCUT2D eigenvalue weighted by atomic mass is 9.68. The molecule has 2 saturated carbocycles. The SMILES string of the molecule is CCCC1CCC(C2CCC(c3ccc(CCCC(C)=O)cc3)CC2)CC1. The predicted octanol–water partition coefficient (Wildman–Crippen LogP) is 7.48. The molecule has 0 aliphatic heterocycles. The predicted molar refractivity (Wildman–Crippen MR) is 115 cm³/mol. The Kier molecular flexibility index (Phi) is 7.97. The van der Waals surface area contributed by atoms with Crippen molar-refractivity contribution in [3.63, 3.8) is 0 Å². The van der Waals surface area contributed by atoms with Gasteiger partial charge in [0.2, 0.25) is 0 Å². The molecule has 0 spiro atoms. The summed E-state index contributed by atoms with van der Waals surface area (Å²) in [5.41, 5.74) is 2.94. The lowest BCUT2D eigenvalue weighted by molar-refractivity contribution is -0.117. The Morgan fingerprint density at radius 2 is 1.48 bits per heavy atom. The van der Waals surface area contributed by atoms with Gasteiger partial charge in [-0.3, -0.25) is 0 Å². The average molecular weight is 369 g/mol. The summed E-state index contributed by atoms with van der Waals surface area (Å²) >= 11 is 0. The summed E-state index contributed by atoms with van der Waals surface area (Å²) in [5.74, 6) is 4.17. The summed E-state index contributed by atoms with van der Waals surface area (Å²) in [5, 5.41) is 0. The van der Waals surface area contributed by atoms with Crippen LogP contribution in [0.4, 0.5) is 0 Å². The van der Waals surface area contributed by atoms with Gasteiger partial charge in [0.1, 0.15) is 5.78 Å². The minimum absolute atomic E-state index is 0.308. The van der Waals surface area contributed by atoms with Crippen molar-refractivity contribution in [2.24, 2.45) is 17.8 Å². The van der Waals surface area contributed by atoms with Crippen LogP contribution in [0, 0.1) is 17.8 Å². The van der Waals surface area contributed by atoms with Crippen LogP contribution in [0.25, 0.3) is 0 Å². The van der Waals surface area contributed by atoms with E-state index in [-0.39, 0.29) is 0 Å². The third kappa shape index (κ3) is 6.19. The highest BCUT2D eigenvalue weighted by molar-refractivity contribution is 5.75. The molecule has 2 fully saturated rings. The third-order valence-electron chi connectivity index (χ3n) is 7.47. The summed E-state index contributed by atoms with van der Waals surface area (Å²) in [6.45, 7) is 4.03. The number of carbonyl (C=O) groups is 1. The van der Waals surface area contributed by atoms with Crippen molar-refractivity contribution in [1.82, 2.24) is 0 Å². The molecule has 0 N–H and O–H groups in total. The van der Waals surface area contributed by atoms with E-state index < -0.39 is 0 Å². The highest BCUT2D eigenvalue weighted by Crippen LogP contribution is 2.44. The monoisotopic (exact) mass is 368 g/mol. The normalized spacial score (nSPS) is 28.8. The van der Waals surface area contributed by atoms with E-state index in [4.69, 9.17) is 0 Å². The van der Waals surface area contributed by atoms with E-state index in [1.54, 1.807) is 12.5 Å². The van der Waals surface area contributed by atoms with Crippen LogP contribution in [-0.4, -0.2) is 5.78 Å². The molecule has 0 aromatic heterocycles. The third-order valence-corrected chi connectivity index (χ3v) is 7.47. The molecule has 0 unspecified atom stereocenters. The first-order valence-electron chi connectivity index (χ1n) is 11.7. The van der Waals surface area contributed by atoms with Crippen molar-refractivity contribution in [2.45, 2.75) is 103 Å². The van der Waals surface area contributed by atoms with Crippen LogP contribution >= 0.6 is 0 Å². The molecule has 0 atom stereocenters. The Bertz CT molecular complexity index is 556. The van der Waals surface area contributed by atoms with E-state index in [1.165, 1.54) is 69.8 Å². The van der Waals surface area contributed by atoms with Crippen molar-refractivity contribution < 1.29 is 4.79 Å². The maximum absolute atomic E-state index is 11.1. The fraction of sp³-hybridized carbons (Fsp3) is 0.731. The summed E-state index contributed by atoms with van der Waals surface area (Å²) in [6.07, 6.45) is 17.3. The van der Waals surface area contributed by atoms with Crippen molar-refractivity contribution in [3.05, 3.63) is 35.4 Å². The van der Waals surface area contributed by atoms with Crippen LogP contribution < -0.4 is 0 Å². The van der Waals surface area contributed by atoms with Crippen molar-refractivity contribution >= 4 is 5.78 Å². The van der Waals surface area contributed by atoms with Gasteiger partial charge in [0.25, 0.3) is 0 Å². The zero-order valence-electron chi connectivity index (χ0n) is 17.7. The van der Waals surface area contributed by atoms with Gasteiger partial charge in [-0.15, -0.1) is 0 Å². The lowest BCUT2D eigenvalue weighted by Crippen LogP contribution is -2.25. The average Bonchev–Trinajstić information content (AvgIpc) is 2.69. The zero-order chi connectivity index (χ0) is 19.1. The number of aryl methyl sites for hydroxylation is 1. The van der Waals surface area contributed by atoms with Crippen molar-refractivity contribution in [3.8, 4) is 0 Å². The smallest absolute Gasteiger partial charge is 0.129 e. The van der Waals surface area contributed by atoms with E-state index in [9.17, 15) is 4.79 Å².